The summed E-state index contributed by atoms with van der Waals surface area (Å²) in [4.78, 5) is 30.8. The Morgan fingerprint density at radius 1 is 1.11 bits per heavy atom. The monoisotopic (exact) mass is 524 g/mol. The molecule has 0 N–H and O–H groups in total. The van der Waals surface area contributed by atoms with E-state index in [1.54, 1.807) is 18.2 Å². The van der Waals surface area contributed by atoms with Gasteiger partial charge in [0, 0.05) is 4.91 Å². The van der Waals surface area contributed by atoms with E-state index in [2.05, 4.69) is 30.8 Å². The number of imide groups is 1. The third-order valence-electron chi connectivity index (χ3n) is 7.13. The topological polar surface area (TPSA) is 123 Å². The molecule has 0 aromatic heterocycles. The quantitative estimate of drug-likeness (QED) is 0.192. The number of rotatable bonds is 7. The predicted octanol–water partition coefficient (Wildman–Crippen LogP) is 5.92. The van der Waals surface area contributed by atoms with Gasteiger partial charge in [0.2, 0.25) is 5.91 Å². The van der Waals surface area contributed by atoms with Gasteiger partial charge in [0.25, 0.3) is 0 Å². The molecule has 1 fully saturated rings. The first-order chi connectivity index (χ1) is 17.5. The van der Waals surface area contributed by atoms with Gasteiger partial charge in [-0.2, -0.15) is 0 Å². The Labute approximate surface area is 217 Å². The first-order valence-electron chi connectivity index (χ1n) is 12.2. The average Bonchev–Trinajstić information content (AvgIpc) is 3.26. The van der Waals surface area contributed by atoms with Crippen molar-refractivity contribution in [1.82, 2.24) is 4.90 Å². The van der Waals surface area contributed by atoms with Crippen molar-refractivity contribution < 1.29 is 28.2 Å². The first kappa shape index (κ1) is 26.5. The van der Waals surface area contributed by atoms with E-state index in [4.69, 9.17) is 18.6 Å². The number of hydrogen-bond acceptors (Lipinski definition) is 7. The minimum atomic E-state index is -2.50. The lowest BCUT2D eigenvalue weighted by Crippen LogP contribution is -2.48. The number of carbonyl (C=O) groups excluding carboxylic acids is 2. The van der Waals surface area contributed by atoms with Crippen LogP contribution in [0, 0.1) is 0 Å². The Morgan fingerprint density at radius 3 is 2.43 bits per heavy atom. The van der Waals surface area contributed by atoms with Gasteiger partial charge >= 0.3 is 6.09 Å². The summed E-state index contributed by atoms with van der Waals surface area (Å²) < 4.78 is 23.4. The van der Waals surface area contributed by atoms with E-state index in [9.17, 15) is 15.1 Å². The fourth-order valence-corrected chi connectivity index (χ4v) is 5.32. The highest BCUT2D eigenvalue weighted by Crippen LogP contribution is 2.43. The second kappa shape index (κ2) is 10.4. The predicted molar refractivity (Wildman–Crippen MR) is 139 cm³/mol. The molecular formula is C26H32N4O6Si. The van der Waals surface area contributed by atoms with Crippen LogP contribution >= 0.6 is 0 Å². The summed E-state index contributed by atoms with van der Waals surface area (Å²) in [5, 5.41) is 3.69. The van der Waals surface area contributed by atoms with Gasteiger partial charge in [-0.1, -0.05) is 62.3 Å². The lowest BCUT2D eigenvalue weighted by molar-refractivity contribution is -0.133. The number of benzene rings is 2. The molecule has 2 aromatic carbocycles. The number of ether oxygens (including phenoxy) is 3. The Bertz CT molecular complexity index is 1210. The molecule has 37 heavy (non-hydrogen) atoms. The van der Waals surface area contributed by atoms with E-state index in [1.807, 2.05) is 43.4 Å². The molecule has 1 saturated heterocycles. The largest absolute Gasteiger partial charge is 0.486 e. The summed E-state index contributed by atoms with van der Waals surface area (Å²) in [6, 6.07) is 12.4. The molecule has 2 aromatic rings. The zero-order chi connectivity index (χ0) is 26.8. The number of fused-ring (bicyclic) bond motifs is 1. The van der Waals surface area contributed by atoms with Crippen molar-refractivity contribution >= 4 is 20.3 Å². The molecule has 0 bridgehead atoms. The van der Waals surface area contributed by atoms with Crippen molar-refractivity contribution in [1.29, 1.82) is 0 Å². The van der Waals surface area contributed by atoms with Crippen LogP contribution in [0.3, 0.4) is 0 Å². The Balaban J connectivity index is 1.78. The average molecular weight is 525 g/mol. The molecule has 11 heteroatoms. The maximum Gasteiger partial charge on any atom is 0.417 e. The van der Waals surface area contributed by atoms with Crippen LogP contribution in [0.5, 0.6) is 11.5 Å². The highest BCUT2D eigenvalue weighted by Gasteiger charge is 2.47. The molecule has 0 radical (unpaired) electrons. The second-order valence-corrected chi connectivity index (χ2v) is 15.3. The highest BCUT2D eigenvalue weighted by molar-refractivity contribution is 6.74. The number of hydrogen-bond donors (Lipinski definition) is 0. The molecule has 196 valence electrons. The number of nitrogens with zero attached hydrogens (tertiary/aromatic N) is 4. The van der Waals surface area contributed by atoms with Gasteiger partial charge < -0.3 is 18.6 Å². The zero-order valence-electron chi connectivity index (χ0n) is 21.7. The van der Waals surface area contributed by atoms with Crippen LogP contribution in [0.4, 0.5) is 4.79 Å². The second-order valence-electron chi connectivity index (χ2n) is 10.6. The van der Waals surface area contributed by atoms with Crippen molar-refractivity contribution in [2.45, 2.75) is 57.1 Å². The summed E-state index contributed by atoms with van der Waals surface area (Å²) in [6.45, 7) is 11.2. The van der Waals surface area contributed by atoms with Gasteiger partial charge in [-0.25, -0.2) is 9.69 Å². The Morgan fingerprint density at radius 2 is 1.78 bits per heavy atom. The molecule has 2 heterocycles. The fraction of sp³-hybridized carbons (Fsp3) is 0.462. The van der Waals surface area contributed by atoms with Gasteiger partial charge in [-0.05, 0) is 46.9 Å². The van der Waals surface area contributed by atoms with E-state index in [1.165, 1.54) is 0 Å². The van der Waals surface area contributed by atoms with Crippen molar-refractivity contribution in [2.75, 3.05) is 19.8 Å². The lowest BCUT2D eigenvalue weighted by atomic mass is 9.99. The molecular weight excluding hydrogens is 492 g/mol. The van der Waals surface area contributed by atoms with E-state index in [0.717, 1.165) is 10.5 Å². The van der Waals surface area contributed by atoms with Crippen molar-refractivity contribution in [2.24, 2.45) is 5.11 Å². The summed E-state index contributed by atoms with van der Waals surface area (Å²) in [5.41, 5.74) is 10.8. The smallest absolute Gasteiger partial charge is 0.417 e. The van der Waals surface area contributed by atoms with Gasteiger partial charge in [-0.15, -0.1) is 0 Å². The first-order valence-corrected chi connectivity index (χ1v) is 15.1. The molecule has 0 aliphatic carbocycles. The van der Waals surface area contributed by atoms with E-state index >= 15 is 0 Å². The summed E-state index contributed by atoms with van der Waals surface area (Å²) in [6.07, 6.45) is -1.75. The molecule has 0 saturated carbocycles. The van der Waals surface area contributed by atoms with Gasteiger partial charge in [0.1, 0.15) is 31.9 Å². The summed E-state index contributed by atoms with van der Waals surface area (Å²) in [5.74, 6) is 0.412. The standard InChI is InChI=1S/C26H32N4O6Si/c1-26(2,3)37(4,5)36-23(18-11-12-20-21(15-18)34-14-13-33-20)22(28-29-27)24(31)30-19(16-35-25(30)32)17-9-7-6-8-10-17/h6-12,15,19,22-23H,13-14,16H2,1-5H3/t19?,22-,23+/m0/s1. The van der Waals surface area contributed by atoms with Crippen molar-refractivity contribution in [3.8, 4) is 11.5 Å². The summed E-state index contributed by atoms with van der Waals surface area (Å²) in [7, 11) is -2.50. The lowest BCUT2D eigenvalue weighted by Gasteiger charge is -2.41. The maximum atomic E-state index is 14.0. The van der Waals surface area contributed by atoms with Crippen LogP contribution in [0.2, 0.25) is 18.1 Å². The normalized spacial score (nSPS) is 19.0. The van der Waals surface area contributed by atoms with Crippen LogP contribution in [-0.4, -0.2) is 51.1 Å². The van der Waals surface area contributed by atoms with Gasteiger partial charge in [0.05, 0.1) is 6.10 Å². The molecule has 4 rings (SSSR count). The number of cyclic esters (lactones) is 1. The minimum Gasteiger partial charge on any atom is -0.486 e. The Kier molecular flexibility index (Phi) is 7.49. The molecule has 2 aliphatic heterocycles. The number of amides is 2. The molecule has 2 aliphatic rings. The van der Waals surface area contributed by atoms with Gasteiger partial charge in [-0.3, -0.25) is 4.79 Å². The SMILES string of the molecule is CC(C)(C)[Si](C)(C)O[C@H](c1ccc2c(c1)OCCO2)[C@H](N=[N+]=[N-])C(=O)N1C(=O)OCC1c1ccccc1. The van der Waals surface area contributed by atoms with Crippen LogP contribution in [0.15, 0.2) is 53.6 Å². The summed E-state index contributed by atoms with van der Waals surface area (Å²) >= 11 is 0. The van der Waals surface area contributed by atoms with Crippen LogP contribution in [0.1, 0.15) is 44.0 Å². The van der Waals surface area contributed by atoms with E-state index in [-0.39, 0.29) is 11.6 Å². The van der Waals surface area contributed by atoms with Crippen molar-refractivity contribution in [3.05, 3.63) is 70.1 Å². The third kappa shape index (κ3) is 5.43. The molecule has 0 spiro atoms. The fourth-order valence-electron chi connectivity index (χ4n) is 4.07. The van der Waals surface area contributed by atoms with Crippen LogP contribution < -0.4 is 9.47 Å². The Hall–Kier alpha value is -3.53. The molecule has 3 atom stereocenters. The number of azide groups is 1. The minimum absolute atomic E-state index is 0.00928. The van der Waals surface area contributed by atoms with Crippen LogP contribution in [0.25, 0.3) is 10.4 Å². The highest BCUT2D eigenvalue weighted by atomic mass is 28.4. The third-order valence-corrected chi connectivity index (χ3v) is 11.6. The number of carbonyl (C=O) groups is 2. The molecule has 2 amide bonds. The molecule has 10 nitrogen and oxygen atoms in total. The van der Waals surface area contributed by atoms with Gasteiger partial charge in [0.15, 0.2) is 19.8 Å². The molecule has 1 unspecified atom stereocenters. The van der Waals surface area contributed by atoms with Crippen molar-refractivity contribution in [3.63, 3.8) is 0 Å². The maximum absolute atomic E-state index is 14.0. The zero-order valence-corrected chi connectivity index (χ0v) is 22.7. The van der Waals surface area contributed by atoms with E-state index < -0.39 is 38.5 Å². The van der Waals surface area contributed by atoms with Crippen LogP contribution in [-0.2, 0) is 14.0 Å². The van der Waals surface area contributed by atoms with E-state index in [0.29, 0.717) is 30.3 Å².